The van der Waals surface area contributed by atoms with Crippen molar-refractivity contribution in [2.75, 3.05) is 14.2 Å². The number of hydrogen-bond donors (Lipinski definition) is 4. The molecule has 3 amide bonds. The van der Waals surface area contributed by atoms with Crippen molar-refractivity contribution in [2.45, 2.75) is 77.1 Å². The van der Waals surface area contributed by atoms with Gasteiger partial charge in [0.25, 0.3) is 5.91 Å². The fourth-order valence-corrected chi connectivity index (χ4v) is 5.04. The van der Waals surface area contributed by atoms with Gasteiger partial charge >= 0.3 is 24.1 Å². The lowest BCUT2D eigenvalue weighted by Crippen LogP contribution is -2.51. The van der Waals surface area contributed by atoms with Crippen LogP contribution in [0.1, 0.15) is 40.5 Å². The number of amides is 3. The highest BCUT2D eigenvalue weighted by atomic mass is 19.4. The Kier molecular flexibility index (Phi) is 13.5. The molecule has 1 heterocycles. The number of Topliss-reactive ketones (excluding diaryl/α,β-unsaturated/α-hetero) is 1. The van der Waals surface area contributed by atoms with Crippen molar-refractivity contribution in [3.8, 4) is 0 Å². The molecule has 0 unspecified atom stereocenters. The fourth-order valence-electron chi connectivity index (χ4n) is 5.04. The molecule has 0 aromatic rings. The molecule has 6 atom stereocenters. The molecule has 0 aromatic heterocycles. The van der Waals surface area contributed by atoms with Gasteiger partial charge in [-0.25, -0.2) is 4.79 Å². The quantitative estimate of drug-likeness (QED) is 0.191. The molecule has 0 aromatic carbocycles. The number of rotatable bonds is 5. The van der Waals surface area contributed by atoms with Crippen LogP contribution in [0.15, 0.2) is 58.5 Å². The van der Waals surface area contributed by atoms with E-state index in [1.807, 2.05) is 0 Å². The van der Waals surface area contributed by atoms with E-state index >= 15 is 0 Å². The first-order valence-corrected chi connectivity index (χ1v) is 14.5. The van der Waals surface area contributed by atoms with Crippen molar-refractivity contribution in [2.24, 2.45) is 17.6 Å². The topological polar surface area (TPSA) is 183 Å². The summed E-state index contributed by atoms with van der Waals surface area (Å²) < 4.78 is 82.5. The van der Waals surface area contributed by atoms with Crippen molar-refractivity contribution in [1.29, 1.82) is 0 Å². The number of nitrogens with one attached hydrogen (secondary N) is 2. The third kappa shape index (κ3) is 9.67. The van der Waals surface area contributed by atoms with Crippen LogP contribution in [0.3, 0.4) is 0 Å². The van der Waals surface area contributed by atoms with Gasteiger partial charge in [-0.2, -0.15) is 22.0 Å². The second-order valence-electron chi connectivity index (χ2n) is 11.5. The Hall–Kier alpha value is -4.22. The molecule has 0 saturated heterocycles. The molecular formula is C31H38F5N3O9. The molecule has 12 nitrogen and oxygen atoms in total. The summed E-state index contributed by atoms with van der Waals surface area (Å²) in [6.07, 6.45) is -6.04. The fraction of sp³-hybridized carbons (Fsp3) is 0.516. The molecule has 1 aliphatic carbocycles. The highest BCUT2D eigenvalue weighted by Crippen LogP contribution is 2.36. The van der Waals surface area contributed by atoms with Crippen LogP contribution in [0.2, 0.25) is 0 Å². The molecule has 5 N–H and O–H groups in total. The van der Waals surface area contributed by atoms with Gasteiger partial charge in [-0.15, -0.1) is 0 Å². The van der Waals surface area contributed by atoms with Gasteiger partial charge in [0.2, 0.25) is 11.6 Å². The lowest BCUT2D eigenvalue weighted by Gasteiger charge is -2.30. The van der Waals surface area contributed by atoms with Gasteiger partial charge in [-0.1, -0.05) is 38.2 Å². The van der Waals surface area contributed by atoms with E-state index in [0.29, 0.717) is 11.6 Å². The Balaban J connectivity index is 2.69. The van der Waals surface area contributed by atoms with E-state index in [1.54, 1.807) is 19.9 Å². The molecule has 2 rings (SSSR count). The first kappa shape index (κ1) is 40.0. The Morgan fingerprint density at radius 2 is 1.69 bits per heavy atom. The van der Waals surface area contributed by atoms with Gasteiger partial charge in [0, 0.05) is 37.4 Å². The summed E-state index contributed by atoms with van der Waals surface area (Å²) in [5.74, 6) is -13.6. The van der Waals surface area contributed by atoms with Crippen molar-refractivity contribution in [3.05, 3.63) is 58.5 Å². The molecular weight excluding hydrogens is 653 g/mol. The van der Waals surface area contributed by atoms with E-state index < -0.39 is 101 Å². The van der Waals surface area contributed by atoms with Crippen LogP contribution in [-0.2, 0) is 33.4 Å². The summed E-state index contributed by atoms with van der Waals surface area (Å²) in [7, 11) is 2.60. The molecule has 48 heavy (non-hydrogen) atoms. The average Bonchev–Trinajstić information content (AvgIpc) is 2.99. The molecule has 0 fully saturated rings. The first-order valence-electron chi connectivity index (χ1n) is 14.5. The Morgan fingerprint density at radius 3 is 2.23 bits per heavy atom. The number of allylic oxidation sites excluding steroid dienone is 4. The molecule has 0 radical (unpaired) electrons. The first-order chi connectivity index (χ1) is 22.2. The molecule has 0 saturated carbocycles. The Morgan fingerprint density at radius 1 is 1.06 bits per heavy atom. The minimum Gasteiger partial charge on any atom is -0.439 e. The minimum absolute atomic E-state index is 0.0256. The molecule has 17 heteroatoms. The van der Waals surface area contributed by atoms with Crippen LogP contribution in [0, 0.1) is 11.8 Å². The second kappa shape index (κ2) is 16.3. The number of methoxy groups -OCH3 is 2. The number of aliphatic hydroxyl groups is 1. The van der Waals surface area contributed by atoms with E-state index in [4.69, 9.17) is 19.9 Å². The summed E-state index contributed by atoms with van der Waals surface area (Å²) in [5.41, 5.74) is 3.26. The number of aliphatic hydroxyl groups excluding tert-OH is 1. The van der Waals surface area contributed by atoms with Crippen molar-refractivity contribution in [1.82, 2.24) is 10.6 Å². The predicted octanol–water partition coefficient (Wildman–Crippen LogP) is 3.08. The van der Waals surface area contributed by atoms with Gasteiger partial charge in [-0.3, -0.25) is 19.2 Å². The van der Waals surface area contributed by atoms with Gasteiger partial charge < -0.3 is 35.7 Å². The number of hydrogen-bond acceptors (Lipinski definition) is 9. The molecule has 0 spiro atoms. The van der Waals surface area contributed by atoms with Crippen LogP contribution in [0.4, 0.5) is 26.7 Å². The van der Waals surface area contributed by atoms with Crippen LogP contribution in [-0.4, -0.2) is 85.3 Å². The summed E-state index contributed by atoms with van der Waals surface area (Å²) in [4.78, 5) is 63.2. The number of carbonyl (C=O) groups excluding carboxylic acids is 5. The highest BCUT2D eigenvalue weighted by molar-refractivity contribution is 6.24. The van der Waals surface area contributed by atoms with E-state index in [2.05, 4.69) is 5.32 Å². The third-order valence-corrected chi connectivity index (χ3v) is 7.67. The standard InChI is InChI=1S/C31H38F5N3O9/c1-14-10-18-23(39-28(44)30(32,33)31(34,35)36)20(40)13-19(25(18)42)38-27(43)15(2)8-7-9-21(46-5)26(48-29(37)45)17(4)12-16(3)24(41)22(11-14)47-6/h7-9,12-14,16,21-22,24,26,41H,10-11H2,1-6H3,(H2,37,45)(H,38,43)(H,39,44)/b9-7-,15-8+,17-12+/t14-,16+,21+,22+,24-,26+/m1/s1. The number of ketones is 2. The van der Waals surface area contributed by atoms with Gasteiger partial charge in [0.1, 0.15) is 6.10 Å². The van der Waals surface area contributed by atoms with Crippen molar-refractivity contribution < 1.29 is 65.2 Å². The summed E-state index contributed by atoms with van der Waals surface area (Å²) in [5, 5.41) is 14.7. The largest absolute Gasteiger partial charge is 0.463 e. The zero-order chi connectivity index (χ0) is 36.7. The van der Waals surface area contributed by atoms with Crippen LogP contribution in [0.5, 0.6) is 0 Å². The summed E-state index contributed by atoms with van der Waals surface area (Å²) in [6, 6.07) is 0. The third-order valence-electron chi connectivity index (χ3n) is 7.67. The molecule has 1 aliphatic heterocycles. The molecule has 2 aliphatic rings. The van der Waals surface area contributed by atoms with Crippen LogP contribution in [0.25, 0.3) is 0 Å². The maximum atomic E-state index is 13.8. The Bertz CT molecular complexity index is 1450. The SMILES string of the molecule is CO[C@H]1/C=C\C=C(/C)C(=O)NC2=CC(=O)C(NC(=O)C(F)(F)C(F)(F)F)=C(C[C@@H](C)C[C@H](OC)[C@H](O)[C@@H](C)/C=C(\C)[C@@H]1OC(N)=O)C2=O. The van der Waals surface area contributed by atoms with Gasteiger partial charge in [0.15, 0.2) is 6.10 Å². The minimum atomic E-state index is -6.30. The zero-order valence-corrected chi connectivity index (χ0v) is 26.9. The Labute approximate surface area is 272 Å². The number of nitrogens with two attached hydrogens (primary N) is 1. The van der Waals surface area contributed by atoms with Crippen molar-refractivity contribution >= 4 is 29.5 Å². The highest BCUT2D eigenvalue weighted by Gasteiger charge is 2.63. The van der Waals surface area contributed by atoms with E-state index in [-0.39, 0.29) is 12.0 Å². The van der Waals surface area contributed by atoms with E-state index in [0.717, 1.165) is 0 Å². The smallest absolute Gasteiger partial charge is 0.439 e. The van der Waals surface area contributed by atoms with E-state index in [9.17, 15) is 51.0 Å². The van der Waals surface area contributed by atoms with Gasteiger partial charge in [0.05, 0.1) is 23.6 Å². The normalized spacial score (nSPS) is 29.9. The number of primary amides is 1. The zero-order valence-electron chi connectivity index (χ0n) is 26.9. The summed E-state index contributed by atoms with van der Waals surface area (Å²) in [6.45, 7) is 6.06. The van der Waals surface area contributed by atoms with Crippen molar-refractivity contribution in [3.63, 3.8) is 0 Å². The summed E-state index contributed by atoms with van der Waals surface area (Å²) >= 11 is 0. The number of fused-ring (bicyclic) bond motifs is 2. The average molecular weight is 692 g/mol. The second-order valence-corrected chi connectivity index (χ2v) is 11.5. The number of carbonyl (C=O) groups is 5. The van der Waals surface area contributed by atoms with E-state index in [1.165, 1.54) is 51.6 Å². The number of alkyl halides is 5. The van der Waals surface area contributed by atoms with Crippen LogP contribution < -0.4 is 16.4 Å². The molecule has 266 valence electrons. The molecule has 2 bridgehead atoms. The monoisotopic (exact) mass is 691 g/mol. The predicted molar refractivity (Wildman–Crippen MR) is 159 cm³/mol. The lowest BCUT2D eigenvalue weighted by atomic mass is 9.85. The maximum Gasteiger partial charge on any atom is 0.463 e. The van der Waals surface area contributed by atoms with Crippen LogP contribution >= 0.6 is 0 Å². The number of ether oxygens (including phenoxy) is 3. The lowest BCUT2D eigenvalue weighted by molar-refractivity contribution is -0.269. The maximum absolute atomic E-state index is 13.8. The number of halogens is 5. The van der Waals surface area contributed by atoms with Gasteiger partial charge in [-0.05, 0) is 38.2 Å².